The van der Waals surface area contributed by atoms with Crippen LogP contribution in [0.2, 0.25) is 0 Å². The minimum atomic E-state index is 0.182. The van der Waals surface area contributed by atoms with Crippen LogP contribution in [0.5, 0.6) is 0 Å². The highest BCUT2D eigenvalue weighted by atomic mass is 79.9. The van der Waals surface area contributed by atoms with Crippen LogP contribution in [-0.4, -0.2) is 25.1 Å². The Bertz CT molecular complexity index is 522. The summed E-state index contributed by atoms with van der Waals surface area (Å²) in [6.07, 6.45) is 2.69. The molecule has 5 nitrogen and oxygen atoms in total. The van der Waals surface area contributed by atoms with Crippen LogP contribution >= 0.6 is 27.7 Å². The maximum atomic E-state index is 4.53. The number of likely N-dealkylation sites (N-methyl/N-ethyl adjacent to an activating group) is 1. The van der Waals surface area contributed by atoms with Gasteiger partial charge in [-0.1, -0.05) is 6.92 Å². The molecule has 0 saturated heterocycles. The SMILES string of the molecule is CCNC(Cc1c(Br)c(C)nn1CC)c1cnsn1. The monoisotopic (exact) mass is 343 g/mol. The van der Waals surface area contributed by atoms with Crippen LogP contribution in [-0.2, 0) is 13.0 Å². The second kappa shape index (κ2) is 6.58. The third kappa shape index (κ3) is 3.21. The minimum absolute atomic E-state index is 0.182. The Hall–Kier alpha value is -0.790. The Morgan fingerprint density at radius 1 is 1.47 bits per heavy atom. The Kier molecular flexibility index (Phi) is 5.06. The first-order valence-electron chi connectivity index (χ1n) is 6.39. The Balaban J connectivity index is 2.27. The molecule has 2 aromatic rings. The van der Waals surface area contributed by atoms with Crippen LogP contribution in [0.15, 0.2) is 10.7 Å². The average molecular weight is 344 g/mol. The van der Waals surface area contributed by atoms with Crippen molar-refractivity contribution in [2.45, 2.75) is 39.8 Å². The van der Waals surface area contributed by atoms with E-state index in [1.54, 1.807) is 0 Å². The highest BCUT2D eigenvalue weighted by molar-refractivity contribution is 9.10. The molecule has 0 aliphatic heterocycles. The molecule has 0 spiro atoms. The smallest absolute Gasteiger partial charge is 0.0916 e. The van der Waals surface area contributed by atoms with Crippen LogP contribution in [0.25, 0.3) is 0 Å². The van der Waals surface area contributed by atoms with E-state index in [-0.39, 0.29) is 6.04 Å². The van der Waals surface area contributed by atoms with Crippen molar-refractivity contribution < 1.29 is 0 Å². The van der Waals surface area contributed by atoms with E-state index in [9.17, 15) is 0 Å². The fraction of sp³-hybridized carbons (Fsp3) is 0.583. The van der Waals surface area contributed by atoms with Gasteiger partial charge in [-0.3, -0.25) is 4.68 Å². The molecule has 2 heterocycles. The summed E-state index contributed by atoms with van der Waals surface area (Å²) in [5.74, 6) is 0. The van der Waals surface area contributed by atoms with Crippen LogP contribution < -0.4 is 5.32 Å². The summed E-state index contributed by atoms with van der Waals surface area (Å²) in [4.78, 5) is 0. The van der Waals surface area contributed by atoms with E-state index in [1.807, 2.05) is 17.8 Å². The molecule has 0 radical (unpaired) electrons. The van der Waals surface area contributed by atoms with Gasteiger partial charge in [-0.2, -0.15) is 13.8 Å². The van der Waals surface area contributed by atoms with Gasteiger partial charge in [0.1, 0.15) is 0 Å². The molecular weight excluding hydrogens is 326 g/mol. The summed E-state index contributed by atoms with van der Waals surface area (Å²) in [6, 6.07) is 0.182. The molecular formula is C12H18BrN5S. The number of nitrogens with one attached hydrogen (secondary N) is 1. The molecule has 0 aliphatic rings. The second-order valence-corrected chi connectivity index (χ2v) is 5.66. The molecule has 19 heavy (non-hydrogen) atoms. The van der Waals surface area contributed by atoms with Crippen molar-refractivity contribution in [3.63, 3.8) is 0 Å². The van der Waals surface area contributed by atoms with Crippen LogP contribution in [0.1, 0.15) is 37.0 Å². The molecule has 2 aromatic heterocycles. The highest BCUT2D eigenvalue weighted by Crippen LogP contribution is 2.26. The van der Waals surface area contributed by atoms with Gasteiger partial charge in [0, 0.05) is 13.0 Å². The number of aryl methyl sites for hydroxylation is 2. The molecule has 0 bridgehead atoms. The fourth-order valence-electron chi connectivity index (χ4n) is 2.11. The molecule has 7 heteroatoms. The van der Waals surface area contributed by atoms with E-state index < -0.39 is 0 Å². The van der Waals surface area contributed by atoms with Gasteiger partial charge in [-0.25, -0.2) is 0 Å². The summed E-state index contributed by atoms with van der Waals surface area (Å²) in [5.41, 5.74) is 3.24. The van der Waals surface area contributed by atoms with Crippen molar-refractivity contribution in [3.8, 4) is 0 Å². The van der Waals surface area contributed by atoms with E-state index in [0.29, 0.717) is 0 Å². The standard InChI is InChI=1S/C12H18BrN5S/c1-4-14-9(10-7-15-19-17-10)6-11-12(13)8(3)16-18(11)5-2/h7,9,14H,4-6H2,1-3H3. The molecule has 0 aromatic carbocycles. The summed E-state index contributed by atoms with van der Waals surface area (Å²) in [6.45, 7) is 8.00. The molecule has 104 valence electrons. The van der Waals surface area contributed by atoms with Gasteiger partial charge in [-0.15, -0.1) is 0 Å². The van der Waals surface area contributed by atoms with Gasteiger partial charge < -0.3 is 5.32 Å². The van der Waals surface area contributed by atoms with Crippen LogP contribution in [0.4, 0.5) is 0 Å². The van der Waals surface area contributed by atoms with Gasteiger partial charge in [-0.05, 0) is 36.3 Å². The van der Waals surface area contributed by atoms with E-state index in [2.05, 4.69) is 48.9 Å². The predicted molar refractivity (Wildman–Crippen MR) is 80.4 cm³/mol. The highest BCUT2D eigenvalue weighted by Gasteiger charge is 2.20. The minimum Gasteiger partial charge on any atom is -0.309 e. The van der Waals surface area contributed by atoms with Crippen LogP contribution in [0, 0.1) is 6.92 Å². The first-order chi connectivity index (χ1) is 9.17. The van der Waals surface area contributed by atoms with Crippen molar-refractivity contribution in [1.29, 1.82) is 0 Å². The van der Waals surface area contributed by atoms with Crippen molar-refractivity contribution in [1.82, 2.24) is 23.8 Å². The molecule has 1 N–H and O–H groups in total. The largest absolute Gasteiger partial charge is 0.309 e. The van der Waals surface area contributed by atoms with Crippen LogP contribution in [0.3, 0.4) is 0 Å². The van der Waals surface area contributed by atoms with E-state index in [1.165, 1.54) is 17.4 Å². The summed E-state index contributed by atoms with van der Waals surface area (Å²) in [7, 11) is 0. The van der Waals surface area contributed by atoms with Gasteiger partial charge in [0.05, 0.1) is 45.5 Å². The second-order valence-electron chi connectivity index (χ2n) is 4.31. The van der Waals surface area contributed by atoms with E-state index >= 15 is 0 Å². The molecule has 0 fully saturated rings. The van der Waals surface area contributed by atoms with Crippen molar-refractivity contribution >= 4 is 27.7 Å². The molecule has 0 aliphatic carbocycles. The lowest BCUT2D eigenvalue weighted by molar-refractivity contribution is 0.508. The van der Waals surface area contributed by atoms with Gasteiger partial charge >= 0.3 is 0 Å². The number of aromatic nitrogens is 4. The number of hydrogen-bond donors (Lipinski definition) is 1. The number of hydrogen-bond acceptors (Lipinski definition) is 5. The van der Waals surface area contributed by atoms with Crippen molar-refractivity contribution in [2.24, 2.45) is 0 Å². The molecule has 0 amide bonds. The molecule has 2 rings (SSSR count). The van der Waals surface area contributed by atoms with E-state index in [4.69, 9.17) is 0 Å². The maximum absolute atomic E-state index is 4.53. The number of rotatable bonds is 6. The molecule has 1 unspecified atom stereocenters. The lowest BCUT2D eigenvalue weighted by Crippen LogP contribution is -2.24. The summed E-state index contributed by atoms with van der Waals surface area (Å²) in [5, 5.41) is 8.00. The molecule has 1 atom stereocenters. The Labute approximate surface area is 125 Å². The maximum Gasteiger partial charge on any atom is 0.0916 e. The quantitative estimate of drug-likeness (QED) is 0.875. The zero-order chi connectivity index (χ0) is 13.8. The average Bonchev–Trinajstić information content (AvgIpc) is 3.01. The lowest BCUT2D eigenvalue weighted by atomic mass is 10.1. The van der Waals surface area contributed by atoms with E-state index in [0.717, 1.165) is 35.4 Å². The number of nitrogens with zero attached hydrogens (tertiary/aromatic N) is 4. The van der Waals surface area contributed by atoms with Gasteiger partial charge in [0.2, 0.25) is 0 Å². The Morgan fingerprint density at radius 3 is 2.84 bits per heavy atom. The summed E-state index contributed by atoms with van der Waals surface area (Å²) >= 11 is 4.89. The predicted octanol–water partition coefficient (Wildman–Crippen LogP) is 2.72. The van der Waals surface area contributed by atoms with Gasteiger partial charge in [0.15, 0.2) is 0 Å². The normalized spacial score (nSPS) is 12.8. The zero-order valence-electron chi connectivity index (χ0n) is 11.4. The third-order valence-electron chi connectivity index (χ3n) is 3.04. The zero-order valence-corrected chi connectivity index (χ0v) is 13.8. The summed E-state index contributed by atoms with van der Waals surface area (Å²) < 4.78 is 11.6. The third-order valence-corrected chi connectivity index (χ3v) is 4.56. The topological polar surface area (TPSA) is 55.6 Å². The fourth-order valence-corrected chi connectivity index (χ4v) is 3.03. The molecule has 0 saturated carbocycles. The first-order valence-corrected chi connectivity index (χ1v) is 7.92. The number of halogens is 1. The Morgan fingerprint density at radius 2 is 2.26 bits per heavy atom. The first kappa shape index (κ1) is 14.6. The van der Waals surface area contributed by atoms with Crippen molar-refractivity contribution in [2.75, 3.05) is 6.54 Å². The lowest BCUT2D eigenvalue weighted by Gasteiger charge is -2.16. The van der Waals surface area contributed by atoms with Crippen molar-refractivity contribution in [3.05, 3.63) is 27.8 Å². The van der Waals surface area contributed by atoms with Gasteiger partial charge in [0.25, 0.3) is 0 Å².